The molecule has 1 aliphatic carbocycles. The number of anilines is 1. The van der Waals surface area contributed by atoms with Crippen molar-refractivity contribution in [2.24, 2.45) is 5.92 Å². The molecule has 1 saturated carbocycles. The number of hydrogen-bond acceptors (Lipinski definition) is 1. The molecule has 0 saturated heterocycles. The number of fused-ring (bicyclic) bond motifs is 3. The van der Waals surface area contributed by atoms with E-state index in [1.54, 1.807) is 12.1 Å². The first-order chi connectivity index (χ1) is 6.66. The van der Waals surface area contributed by atoms with E-state index in [0.717, 1.165) is 17.7 Å². The van der Waals surface area contributed by atoms with Gasteiger partial charge < -0.3 is 5.32 Å². The standard InChI is InChI=1S/C10H7Cl2NO/c11-4-1-7(12)9-5-3-6(5)10(14)13-8(9)2-4/h1-2,5-6H,3H2,(H,13,14). The monoisotopic (exact) mass is 227 g/mol. The Morgan fingerprint density at radius 1 is 1.29 bits per heavy atom. The summed E-state index contributed by atoms with van der Waals surface area (Å²) in [6.07, 6.45) is 0.917. The van der Waals surface area contributed by atoms with E-state index in [-0.39, 0.29) is 11.8 Å². The number of carbonyl (C=O) groups is 1. The van der Waals surface area contributed by atoms with Crippen molar-refractivity contribution < 1.29 is 4.79 Å². The molecule has 1 N–H and O–H groups in total. The maximum absolute atomic E-state index is 11.4. The summed E-state index contributed by atoms with van der Waals surface area (Å²) < 4.78 is 0. The number of hydrogen-bond donors (Lipinski definition) is 1. The predicted molar refractivity (Wildman–Crippen MR) is 55.9 cm³/mol. The topological polar surface area (TPSA) is 29.1 Å². The molecule has 72 valence electrons. The molecule has 0 spiro atoms. The lowest BCUT2D eigenvalue weighted by atomic mass is 10.0. The van der Waals surface area contributed by atoms with Crippen molar-refractivity contribution in [1.29, 1.82) is 0 Å². The fourth-order valence-electron chi connectivity index (χ4n) is 2.09. The molecule has 3 rings (SSSR count). The van der Waals surface area contributed by atoms with Gasteiger partial charge in [0.15, 0.2) is 0 Å². The van der Waals surface area contributed by atoms with Crippen LogP contribution >= 0.6 is 23.2 Å². The lowest BCUT2D eigenvalue weighted by molar-refractivity contribution is -0.117. The van der Waals surface area contributed by atoms with E-state index in [2.05, 4.69) is 5.32 Å². The van der Waals surface area contributed by atoms with Gasteiger partial charge in [0.2, 0.25) is 5.91 Å². The van der Waals surface area contributed by atoms with E-state index >= 15 is 0 Å². The van der Waals surface area contributed by atoms with Crippen molar-refractivity contribution in [3.63, 3.8) is 0 Å². The quantitative estimate of drug-likeness (QED) is 0.726. The van der Waals surface area contributed by atoms with Crippen LogP contribution < -0.4 is 5.32 Å². The second-order valence-corrected chi connectivity index (χ2v) is 4.63. The lowest BCUT2D eigenvalue weighted by Crippen LogP contribution is -2.19. The molecule has 1 aromatic rings. The third kappa shape index (κ3) is 1.07. The first-order valence-electron chi connectivity index (χ1n) is 4.46. The maximum Gasteiger partial charge on any atom is 0.228 e. The van der Waals surface area contributed by atoms with Gasteiger partial charge in [-0.1, -0.05) is 23.2 Å². The molecular weight excluding hydrogens is 221 g/mol. The Balaban J connectivity index is 2.20. The normalized spacial score (nSPS) is 27.7. The zero-order valence-electron chi connectivity index (χ0n) is 7.18. The van der Waals surface area contributed by atoms with Gasteiger partial charge in [0, 0.05) is 21.7 Å². The minimum Gasteiger partial charge on any atom is -0.325 e. The molecule has 4 heteroatoms. The van der Waals surface area contributed by atoms with Gasteiger partial charge in [-0.2, -0.15) is 0 Å². The van der Waals surface area contributed by atoms with Gasteiger partial charge in [0.25, 0.3) is 0 Å². The van der Waals surface area contributed by atoms with E-state index < -0.39 is 0 Å². The second-order valence-electron chi connectivity index (χ2n) is 3.79. The fourth-order valence-corrected chi connectivity index (χ4v) is 2.73. The minimum absolute atomic E-state index is 0.0980. The maximum atomic E-state index is 11.4. The molecule has 1 heterocycles. The fraction of sp³-hybridized carbons (Fsp3) is 0.300. The molecule has 2 nitrogen and oxygen atoms in total. The molecule has 1 fully saturated rings. The van der Waals surface area contributed by atoms with Crippen molar-refractivity contribution in [2.75, 3.05) is 5.32 Å². The number of rotatable bonds is 0. The van der Waals surface area contributed by atoms with Gasteiger partial charge >= 0.3 is 0 Å². The number of nitrogens with one attached hydrogen (secondary N) is 1. The first-order valence-corrected chi connectivity index (χ1v) is 5.22. The largest absolute Gasteiger partial charge is 0.325 e. The molecule has 0 bridgehead atoms. The van der Waals surface area contributed by atoms with Crippen molar-refractivity contribution in [1.82, 2.24) is 0 Å². The van der Waals surface area contributed by atoms with Gasteiger partial charge in [-0.05, 0) is 30.0 Å². The number of carbonyl (C=O) groups excluding carboxylic acids is 1. The van der Waals surface area contributed by atoms with Crippen LogP contribution in [0.15, 0.2) is 12.1 Å². The predicted octanol–water partition coefficient (Wildman–Crippen LogP) is 3.05. The highest BCUT2D eigenvalue weighted by atomic mass is 35.5. The van der Waals surface area contributed by atoms with Crippen molar-refractivity contribution in [3.05, 3.63) is 27.7 Å². The van der Waals surface area contributed by atoms with Gasteiger partial charge in [-0.15, -0.1) is 0 Å². The third-order valence-corrected chi connectivity index (χ3v) is 3.38. The van der Waals surface area contributed by atoms with Crippen LogP contribution in [0.5, 0.6) is 0 Å². The Labute approximate surface area is 91.2 Å². The van der Waals surface area contributed by atoms with Gasteiger partial charge in [0.05, 0.1) is 0 Å². The first kappa shape index (κ1) is 8.57. The van der Waals surface area contributed by atoms with Crippen LogP contribution in [0.4, 0.5) is 5.69 Å². The highest BCUT2D eigenvalue weighted by molar-refractivity contribution is 6.36. The summed E-state index contributed by atoms with van der Waals surface area (Å²) in [5, 5.41) is 4.05. The van der Waals surface area contributed by atoms with E-state index in [9.17, 15) is 4.79 Å². The van der Waals surface area contributed by atoms with Crippen molar-refractivity contribution in [3.8, 4) is 0 Å². The Morgan fingerprint density at radius 2 is 2.07 bits per heavy atom. The molecule has 2 aliphatic rings. The summed E-state index contributed by atoms with van der Waals surface area (Å²) in [4.78, 5) is 11.4. The van der Waals surface area contributed by atoms with E-state index in [4.69, 9.17) is 23.2 Å². The van der Waals surface area contributed by atoms with Crippen LogP contribution in [0.1, 0.15) is 17.9 Å². The molecule has 1 aromatic carbocycles. The zero-order chi connectivity index (χ0) is 9.87. The summed E-state index contributed by atoms with van der Waals surface area (Å²) in [5.74, 6) is 0.561. The highest BCUT2D eigenvalue weighted by Crippen LogP contribution is 2.55. The van der Waals surface area contributed by atoms with Gasteiger partial charge in [-0.25, -0.2) is 0 Å². The Kier molecular flexibility index (Phi) is 1.62. The summed E-state index contributed by atoms with van der Waals surface area (Å²) in [6, 6.07) is 3.49. The molecule has 1 aliphatic heterocycles. The lowest BCUT2D eigenvalue weighted by Gasteiger charge is -2.17. The third-order valence-electron chi connectivity index (χ3n) is 2.85. The van der Waals surface area contributed by atoms with Gasteiger partial charge in [-0.3, -0.25) is 4.79 Å². The Bertz CT molecular complexity index is 444. The van der Waals surface area contributed by atoms with E-state index in [0.29, 0.717) is 16.0 Å². The second kappa shape index (κ2) is 2.65. The van der Waals surface area contributed by atoms with Crippen LogP contribution in [-0.2, 0) is 4.79 Å². The van der Waals surface area contributed by atoms with E-state index in [1.165, 1.54) is 0 Å². The van der Waals surface area contributed by atoms with Crippen LogP contribution in [-0.4, -0.2) is 5.91 Å². The zero-order valence-corrected chi connectivity index (χ0v) is 8.69. The molecule has 2 atom stereocenters. The molecule has 2 unspecified atom stereocenters. The molecule has 14 heavy (non-hydrogen) atoms. The van der Waals surface area contributed by atoms with E-state index in [1.807, 2.05) is 0 Å². The smallest absolute Gasteiger partial charge is 0.228 e. The molecule has 0 aromatic heterocycles. The minimum atomic E-state index is 0.0980. The molecular formula is C10H7Cl2NO. The summed E-state index contributed by atoms with van der Waals surface area (Å²) in [6.45, 7) is 0. The summed E-state index contributed by atoms with van der Waals surface area (Å²) in [7, 11) is 0. The number of benzene rings is 1. The summed E-state index contributed by atoms with van der Waals surface area (Å²) in [5.41, 5.74) is 1.84. The van der Waals surface area contributed by atoms with Crippen LogP contribution in [0.2, 0.25) is 10.0 Å². The average molecular weight is 228 g/mol. The SMILES string of the molecule is O=C1Nc2cc(Cl)cc(Cl)c2C2CC12. The molecule has 1 amide bonds. The van der Waals surface area contributed by atoms with Crippen molar-refractivity contribution >= 4 is 34.8 Å². The van der Waals surface area contributed by atoms with Crippen molar-refractivity contribution in [2.45, 2.75) is 12.3 Å². The van der Waals surface area contributed by atoms with Gasteiger partial charge in [0.1, 0.15) is 0 Å². The Morgan fingerprint density at radius 3 is 2.86 bits per heavy atom. The highest BCUT2D eigenvalue weighted by Gasteiger charge is 2.49. The molecule has 0 radical (unpaired) electrons. The average Bonchev–Trinajstić information content (AvgIpc) is 2.81. The number of halogens is 2. The van der Waals surface area contributed by atoms with Crippen LogP contribution in [0.25, 0.3) is 0 Å². The van der Waals surface area contributed by atoms with Crippen LogP contribution in [0, 0.1) is 5.92 Å². The Hall–Kier alpha value is -0.730. The summed E-state index contributed by atoms with van der Waals surface area (Å²) >= 11 is 11.9. The number of amides is 1. The van der Waals surface area contributed by atoms with Crippen LogP contribution in [0.3, 0.4) is 0 Å².